The zero-order valence-corrected chi connectivity index (χ0v) is 14.4. The number of carbonyl (C=O) groups excluding carboxylic acids is 1. The topological polar surface area (TPSA) is 40.1 Å². The van der Waals surface area contributed by atoms with E-state index in [2.05, 4.69) is 12.1 Å². The van der Waals surface area contributed by atoms with Gasteiger partial charge in [0.05, 0.1) is 5.97 Å². The van der Waals surface area contributed by atoms with Gasteiger partial charge in [-0.3, -0.25) is 0 Å². The molecule has 2 aromatic rings. The number of benzene rings is 2. The van der Waals surface area contributed by atoms with E-state index < -0.39 is 5.97 Å². The van der Waals surface area contributed by atoms with Gasteiger partial charge in [0.25, 0.3) is 0 Å². The molecule has 1 aliphatic rings. The Morgan fingerprint density at radius 2 is 1.95 bits per heavy atom. The van der Waals surface area contributed by atoms with Gasteiger partial charge in [-0.2, -0.15) is 0 Å². The van der Waals surface area contributed by atoms with Crippen LogP contribution in [0, 0.1) is 0 Å². The van der Waals surface area contributed by atoms with Crippen LogP contribution in [0.4, 0.5) is 0 Å². The molecule has 20 heavy (non-hydrogen) atoms. The molecule has 0 aliphatic carbocycles. The number of rotatable bonds is 2. The number of fused-ring (bicyclic) bond motifs is 2. The van der Waals surface area contributed by atoms with Crippen LogP contribution >= 0.6 is 11.8 Å². The first kappa shape index (κ1) is 15.6. The van der Waals surface area contributed by atoms with Crippen LogP contribution in [0.2, 0.25) is 0 Å². The molecule has 0 saturated carbocycles. The number of carboxylic acid groups (broad SMARTS) is 1. The van der Waals surface area contributed by atoms with E-state index in [1.807, 2.05) is 31.2 Å². The van der Waals surface area contributed by atoms with Crippen LogP contribution in [0.1, 0.15) is 34.0 Å². The van der Waals surface area contributed by atoms with Crippen molar-refractivity contribution in [3.8, 4) is 0 Å². The smallest absolute Gasteiger partial charge is 0.545 e. The van der Waals surface area contributed by atoms with Crippen molar-refractivity contribution >= 4 is 17.7 Å². The van der Waals surface area contributed by atoms with Crippen LogP contribution in [-0.4, -0.2) is 5.97 Å². The van der Waals surface area contributed by atoms with E-state index in [0.29, 0.717) is 18.4 Å². The van der Waals surface area contributed by atoms with Crippen LogP contribution in [-0.2, 0) is 12.8 Å². The average molecular weight is 292 g/mol. The van der Waals surface area contributed by atoms with Crippen molar-refractivity contribution in [2.75, 3.05) is 0 Å². The molecule has 0 N–H and O–H groups in total. The predicted molar refractivity (Wildman–Crippen MR) is 73.5 cm³/mol. The van der Waals surface area contributed by atoms with Gasteiger partial charge in [-0.1, -0.05) is 43.0 Å². The molecule has 96 valence electrons. The summed E-state index contributed by atoms with van der Waals surface area (Å²) in [7, 11) is 0. The Morgan fingerprint density at radius 1 is 1.20 bits per heavy atom. The van der Waals surface area contributed by atoms with Gasteiger partial charge in [0.15, 0.2) is 0 Å². The molecule has 0 unspecified atom stereocenters. The summed E-state index contributed by atoms with van der Waals surface area (Å²) >= 11 is 1.64. The Balaban J connectivity index is 0.00000147. The molecule has 4 heteroatoms. The molecule has 3 rings (SSSR count). The largest absolute Gasteiger partial charge is 1.00 e. The first-order chi connectivity index (χ1) is 9.20. The Labute approximate surface area is 144 Å². The second kappa shape index (κ2) is 6.35. The normalized spacial score (nSPS) is 12.1. The van der Waals surface area contributed by atoms with Crippen LogP contribution < -0.4 is 34.7 Å². The van der Waals surface area contributed by atoms with Crippen LogP contribution in [0.25, 0.3) is 0 Å². The minimum atomic E-state index is -1.06. The maximum Gasteiger partial charge on any atom is 1.00 e. The summed E-state index contributed by atoms with van der Waals surface area (Å²) in [6.45, 7) is 1.97. The molecule has 2 nitrogen and oxygen atoms in total. The molecule has 0 atom stereocenters. The van der Waals surface area contributed by atoms with Gasteiger partial charge in [0, 0.05) is 21.8 Å². The standard InChI is InChI=1S/C16H14O2S.Na/c1-2-10-7-8-14-12(15(10)16(17)18)9-11-5-3-4-6-13(11)19-14;/h3-8H,2,9H2,1H3,(H,17,18);/q;+1/p-1. The van der Waals surface area contributed by atoms with Crippen molar-refractivity contribution < 1.29 is 39.5 Å². The number of aromatic carboxylic acids is 1. The molecule has 0 saturated heterocycles. The van der Waals surface area contributed by atoms with Gasteiger partial charge < -0.3 is 9.90 Å². The number of hydrogen-bond acceptors (Lipinski definition) is 3. The second-order valence-electron chi connectivity index (χ2n) is 4.60. The molecule has 0 radical (unpaired) electrons. The first-order valence-electron chi connectivity index (χ1n) is 6.32. The van der Waals surface area contributed by atoms with Gasteiger partial charge in [0.1, 0.15) is 0 Å². The van der Waals surface area contributed by atoms with E-state index in [-0.39, 0.29) is 29.6 Å². The Morgan fingerprint density at radius 3 is 2.65 bits per heavy atom. The van der Waals surface area contributed by atoms with Gasteiger partial charge in [0.2, 0.25) is 0 Å². The minimum absolute atomic E-state index is 0. The third-order valence-corrected chi connectivity index (χ3v) is 4.72. The Hall–Kier alpha value is -0.740. The van der Waals surface area contributed by atoms with Gasteiger partial charge in [-0.15, -0.1) is 0 Å². The summed E-state index contributed by atoms with van der Waals surface area (Å²) in [5.41, 5.74) is 3.35. The average Bonchev–Trinajstić information content (AvgIpc) is 2.43. The quantitative estimate of drug-likeness (QED) is 0.607. The maximum absolute atomic E-state index is 11.4. The van der Waals surface area contributed by atoms with Gasteiger partial charge in [-0.05, 0) is 35.2 Å². The maximum atomic E-state index is 11.4. The van der Waals surface area contributed by atoms with Crippen LogP contribution in [0.5, 0.6) is 0 Å². The molecule has 0 aromatic heterocycles. The fourth-order valence-electron chi connectivity index (χ4n) is 2.56. The van der Waals surface area contributed by atoms with Crippen molar-refractivity contribution in [2.24, 2.45) is 0 Å². The van der Waals surface area contributed by atoms with E-state index in [1.165, 1.54) is 10.5 Å². The van der Waals surface area contributed by atoms with Crippen LogP contribution in [0.15, 0.2) is 46.2 Å². The third-order valence-electron chi connectivity index (χ3n) is 3.50. The molecule has 1 aliphatic heterocycles. The van der Waals surface area contributed by atoms with E-state index in [0.717, 1.165) is 16.0 Å². The molecular weight excluding hydrogens is 279 g/mol. The number of aryl methyl sites for hydroxylation is 1. The summed E-state index contributed by atoms with van der Waals surface area (Å²) in [5, 5.41) is 11.4. The summed E-state index contributed by atoms with van der Waals surface area (Å²) < 4.78 is 0. The fraction of sp³-hybridized carbons (Fsp3) is 0.188. The van der Waals surface area contributed by atoms with Crippen molar-refractivity contribution in [1.82, 2.24) is 0 Å². The Kier molecular flexibility index (Phi) is 4.97. The van der Waals surface area contributed by atoms with E-state index in [1.54, 1.807) is 11.8 Å². The molecule has 1 heterocycles. The van der Waals surface area contributed by atoms with Crippen molar-refractivity contribution in [3.63, 3.8) is 0 Å². The Bertz CT molecular complexity index is 668. The molecular formula is C16H13NaO2S. The summed E-state index contributed by atoms with van der Waals surface area (Å²) in [5.74, 6) is -1.06. The monoisotopic (exact) mass is 292 g/mol. The van der Waals surface area contributed by atoms with Gasteiger partial charge in [-0.25, -0.2) is 0 Å². The summed E-state index contributed by atoms with van der Waals surface area (Å²) in [6, 6.07) is 12.1. The molecule has 0 spiro atoms. The summed E-state index contributed by atoms with van der Waals surface area (Å²) in [4.78, 5) is 13.7. The van der Waals surface area contributed by atoms with Crippen molar-refractivity contribution in [1.29, 1.82) is 0 Å². The van der Waals surface area contributed by atoms with E-state index in [4.69, 9.17) is 0 Å². The molecule has 0 fully saturated rings. The third kappa shape index (κ3) is 2.68. The summed E-state index contributed by atoms with van der Waals surface area (Å²) in [6.07, 6.45) is 1.39. The fourth-order valence-corrected chi connectivity index (χ4v) is 3.64. The molecule has 2 aromatic carbocycles. The van der Waals surface area contributed by atoms with Crippen LogP contribution in [0.3, 0.4) is 0 Å². The second-order valence-corrected chi connectivity index (χ2v) is 5.69. The van der Waals surface area contributed by atoms with Crippen molar-refractivity contribution in [2.45, 2.75) is 29.6 Å². The minimum Gasteiger partial charge on any atom is -0.545 e. The predicted octanol–water partition coefficient (Wildman–Crippen LogP) is -0.328. The van der Waals surface area contributed by atoms with E-state index >= 15 is 0 Å². The van der Waals surface area contributed by atoms with Crippen molar-refractivity contribution in [3.05, 3.63) is 58.7 Å². The van der Waals surface area contributed by atoms with Gasteiger partial charge >= 0.3 is 29.6 Å². The number of carbonyl (C=O) groups is 1. The SMILES string of the molecule is CCc1ccc2c(c1C(=O)[O-])Cc1ccccc1S2.[Na+]. The van der Waals surface area contributed by atoms with E-state index in [9.17, 15) is 9.90 Å². The molecule has 0 amide bonds. The first-order valence-corrected chi connectivity index (χ1v) is 7.14. The zero-order valence-electron chi connectivity index (χ0n) is 11.6. The number of hydrogen-bond donors (Lipinski definition) is 0. The molecule has 0 bridgehead atoms. The zero-order chi connectivity index (χ0) is 13.4. The number of carboxylic acids is 1.